The van der Waals surface area contributed by atoms with Gasteiger partial charge in [-0.25, -0.2) is 0 Å². The third-order valence-electron chi connectivity index (χ3n) is 3.48. The molecule has 4 nitrogen and oxygen atoms in total. The van der Waals surface area contributed by atoms with Crippen LogP contribution in [0.3, 0.4) is 0 Å². The third kappa shape index (κ3) is 2.87. The summed E-state index contributed by atoms with van der Waals surface area (Å²) < 4.78 is 0. The summed E-state index contributed by atoms with van der Waals surface area (Å²) >= 11 is 1.65. The number of fused-ring (bicyclic) bond motifs is 1. The quantitative estimate of drug-likeness (QED) is 0.882. The molecular formula is C14H17N3OS. The molecule has 19 heavy (non-hydrogen) atoms. The fourth-order valence-corrected chi connectivity index (χ4v) is 3.62. The van der Waals surface area contributed by atoms with E-state index in [2.05, 4.69) is 21.6 Å². The number of aromatic nitrogens is 2. The van der Waals surface area contributed by atoms with Gasteiger partial charge in [-0.3, -0.25) is 9.89 Å². The highest BCUT2D eigenvalue weighted by atomic mass is 32.1. The van der Waals surface area contributed by atoms with E-state index in [1.54, 1.807) is 23.7 Å². The van der Waals surface area contributed by atoms with Crippen molar-refractivity contribution in [3.05, 3.63) is 33.8 Å². The van der Waals surface area contributed by atoms with Gasteiger partial charge in [-0.05, 0) is 37.3 Å². The molecule has 0 spiro atoms. The van der Waals surface area contributed by atoms with Gasteiger partial charge in [-0.2, -0.15) is 5.10 Å². The zero-order valence-electron chi connectivity index (χ0n) is 10.7. The number of hydrogen-bond donors (Lipinski definition) is 2. The van der Waals surface area contributed by atoms with Gasteiger partial charge in [-0.15, -0.1) is 11.3 Å². The summed E-state index contributed by atoms with van der Waals surface area (Å²) in [6.07, 6.45) is 10.6. The smallest absolute Gasteiger partial charge is 0.265 e. The number of carbonyl (C=O) groups excluding carboxylic acids is 1. The molecule has 2 heterocycles. The highest BCUT2D eigenvalue weighted by Gasteiger charge is 2.16. The van der Waals surface area contributed by atoms with E-state index < -0.39 is 0 Å². The Labute approximate surface area is 116 Å². The Balaban J connectivity index is 1.77. The first-order valence-corrected chi connectivity index (χ1v) is 7.56. The Morgan fingerprint density at radius 2 is 2.11 bits per heavy atom. The van der Waals surface area contributed by atoms with E-state index in [9.17, 15) is 4.79 Å². The highest BCUT2D eigenvalue weighted by molar-refractivity contribution is 7.14. The zero-order chi connectivity index (χ0) is 13.1. The summed E-state index contributed by atoms with van der Waals surface area (Å²) in [5, 5.41) is 9.37. The third-order valence-corrected chi connectivity index (χ3v) is 4.71. The van der Waals surface area contributed by atoms with Crippen LogP contribution in [0.15, 0.2) is 18.5 Å². The van der Waals surface area contributed by atoms with Gasteiger partial charge in [0, 0.05) is 11.1 Å². The molecular weight excluding hydrogens is 258 g/mol. The maximum Gasteiger partial charge on any atom is 0.265 e. The lowest BCUT2D eigenvalue weighted by molar-refractivity contribution is 0.103. The van der Waals surface area contributed by atoms with Crippen LogP contribution in [0, 0.1) is 0 Å². The molecule has 2 aromatic rings. The molecule has 3 rings (SSSR count). The van der Waals surface area contributed by atoms with Crippen LogP contribution in [-0.4, -0.2) is 16.1 Å². The van der Waals surface area contributed by atoms with E-state index in [1.807, 2.05) is 0 Å². The average molecular weight is 275 g/mol. The van der Waals surface area contributed by atoms with Crippen molar-refractivity contribution in [2.24, 2.45) is 0 Å². The summed E-state index contributed by atoms with van der Waals surface area (Å²) in [4.78, 5) is 14.4. The standard InChI is InChI=1S/C14H17N3OS/c18-14(17-11-8-15-16-9-11)13-7-10-5-3-1-2-4-6-12(10)19-13/h7-9H,1-6H2,(H,15,16)(H,17,18). The number of thiophene rings is 1. The number of amides is 1. The number of rotatable bonds is 2. The molecule has 0 unspecified atom stereocenters. The molecule has 2 N–H and O–H groups in total. The van der Waals surface area contributed by atoms with Crippen molar-refractivity contribution >= 4 is 22.9 Å². The second-order valence-corrected chi connectivity index (χ2v) is 6.05. The molecule has 0 aliphatic heterocycles. The van der Waals surface area contributed by atoms with Gasteiger partial charge in [0.05, 0.1) is 16.8 Å². The first-order chi connectivity index (χ1) is 9.33. The van der Waals surface area contributed by atoms with E-state index in [0.29, 0.717) is 5.69 Å². The summed E-state index contributed by atoms with van der Waals surface area (Å²) in [5.41, 5.74) is 2.09. The Bertz CT molecular complexity index is 534. The minimum Gasteiger partial charge on any atom is -0.319 e. The maximum atomic E-state index is 12.2. The number of aromatic amines is 1. The largest absolute Gasteiger partial charge is 0.319 e. The zero-order valence-corrected chi connectivity index (χ0v) is 11.6. The lowest BCUT2D eigenvalue weighted by atomic mass is 10.00. The van der Waals surface area contributed by atoms with E-state index in [-0.39, 0.29) is 5.91 Å². The number of anilines is 1. The summed E-state index contributed by atoms with van der Waals surface area (Å²) in [7, 11) is 0. The average Bonchev–Trinajstić information content (AvgIpc) is 2.99. The molecule has 0 atom stereocenters. The predicted octanol–water partition coefficient (Wildman–Crippen LogP) is 3.38. The Morgan fingerprint density at radius 1 is 1.26 bits per heavy atom. The van der Waals surface area contributed by atoms with E-state index >= 15 is 0 Å². The first-order valence-electron chi connectivity index (χ1n) is 6.74. The number of nitrogens with zero attached hydrogens (tertiary/aromatic N) is 1. The molecule has 0 fully saturated rings. The minimum absolute atomic E-state index is 0.0295. The molecule has 0 bridgehead atoms. The predicted molar refractivity (Wildman–Crippen MR) is 76.7 cm³/mol. The number of H-pyrrole nitrogens is 1. The number of carbonyl (C=O) groups is 1. The van der Waals surface area contributed by atoms with Crippen molar-refractivity contribution in [3.8, 4) is 0 Å². The Morgan fingerprint density at radius 3 is 2.89 bits per heavy atom. The molecule has 1 amide bonds. The fraction of sp³-hybridized carbons (Fsp3) is 0.429. The van der Waals surface area contributed by atoms with Gasteiger partial charge in [-0.1, -0.05) is 12.8 Å². The molecule has 0 saturated carbocycles. The van der Waals surface area contributed by atoms with E-state index in [4.69, 9.17) is 0 Å². The molecule has 2 aromatic heterocycles. The molecule has 5 heteroatoms. The molecule has 0 aromatic carbocycles. The van der Waals surface area contributed by atoms with Crippen molar-refractivity contribution in [2.45, 2.75) is 38.5 Å². The van der Waals surface area contributed by atoms with Crippen molar-refractivity contribution in [3.63, 3.8) is 0 Å². The number of hydrogen-bond acceptors (Lipinski definition) is 3. The highest BCUT2D eigenvalue weighted by Crippen LogP contribution is 2.28. The van der Waals surface area contributed by atoms with Crippen LogP contribution in [0.25, 0.3) is 0 Å². The Kier molecular flexibility index (Phi) is 3.64. The van der Waals surface area contributed by atoms with Crippen molar-refractivity contribution in [2.75, 3.05) is 5.32 Å². The molecule has 100 valence electrons. The van der Waals surface area contributed by atoms with Crippen LogP contribution in [0.2, 0.25) is 0 Å². The summed E-state index contributed by atoms with van der Waals surface area (Å²) in [6.45, 7) is 0. The second kappa shape index (κ2) is 5.57. The van der Waals surface area contributed by atoms with Gasteiger partial charge in [0.2, 0.25) is 0 Å². The summed E-state index contributed by atoms with van der Waals surface area (Å²) in [6, 6.07) is 2.07. The number of nitrogens with one attached hydrogen (secondary N) is 2. The summed E-state index contributed by atoms with van der Waals surface area (Å²) in [5.74, 6) is -0.0295. The van der Waals surface area contributed by atoms with Crippen LogP contribution in [-0.2, 0) is 12.8 Å². The minimum atomic E-state index is -0.0295. The maximum absolute atomic E-state index is 12.2. The monoisotopic (exact) mass is 275 g/mol. The van der Waals surface area contributed by atoms with Crippen molar-refractivity contribution in [1.29, 1.82) is 0 Å². The van der Waals surface area contributed by atoms with Gasteiger partial charge in [0.25, 0.3) is 5.91 Å². The first kappa shape index (κ1) is 12.4. The van der Waals surface area contributed by atoms with Gasteiger partial charge < -0.3 is 5.32 Å². The van der Waals surface area contributed by atoms with Gasteiger partial charge >= 0.3 is 0 Å². The van der Waals surface area contributed by atoms with Gasteiger partial charge in [0.15, 0.2) is 0 Å². The van der Waals surface area contributed by atoms with E-state index in [0.717, 1.165) is 17.7 Å². The van der Waals surface area contributed by atoms with Crippen molar-refractivity contribution < 1.29 is 4.79 Å². The topological polar surface area (TPSA) is 57.8 Å². The van der Waals surface area contributed by atoms with Crippen LogP contribution in [0.1, 0.15) is 45.8 Å². The van der Waals surface area contributed by atoms with Crippen LogP contribution in [0.4, 0.5) is 5.69 Å². The lowest BCUT2D eigenvalue weighted by Crippen LogP contribution is -2.09. The number of aryl methyl sites for hydroxylation is 2. The van der Waals surface area contributed by atoms with Crippen LogP contribution >= 0.6 is 11.3 Å². The molecule has 1 aliphatic rings. The van der Waals surface area contributed by atoms with Crippen LogP contribution < -0.4 is 5.32 Å². The Hall–Kier alpha value is -1.62. The molecule has 1 aliphatic carbocycles. The molecule has 0 saturated heterocycles. The van der Waals surface area contributed by atoms with Gasteiger partial charge in [0.1, 0.15) is 0 Å². The SMILES string of the molecule is O=C(Nc1cn[nH]c1)c1cc2c(s1)CCCCCC2. The second-order valence-electron chi connectivity index (χ2n) is 4.91. The normalized spacial score (nSPS) is 15.4. The molecule has 0 radical (unpaired) electrons. The van der Waals surface area contributed by atoms with Crippen LogP contribution in [0.5, 0.6) is 0 Å². The lowest BCUT2D eigenvalue weighted by Gasteiger charge is -2.07. The van der Waals surface area contributed by atoms with Crippen molar-refractivity contribution in [1.82, 2.24) is 10.2 Å². The van der Waals surface area contributed by atoms with E-state index in [1.165, 1.54) is 36.1 Å². The fourth-order valence-electron chi connectivity index (χ4n) is 2.47.